The van der Waals surface area contributed by atoms with E-state index in [0.29, 0.717) is 18.2 Å². The molecule has 1 atom stereocenters. The maximum atomic E-state index is 13.2. The van der Waals surface area contributed by atoms with Gasteiger partial charge in [0, 0.05) is 28.4 Å². The summed E-state index contributed by atoms with van der Waals surface area (Å²) >= 11 is 0. The van der Waals surface area contributed by atoms with Gasteiger partial charge in [-0.3, -0.25) is 4.57 Å². The topological polar surface area (TPSA) is 87.8 Å². The standard InChI is InChI=1S/C22H15F5N4O2S/c1-12(22(25,26)27)30-34(32,33)16-7-5-13(6-8-16)19-18(10-28)17-9-14(20(23)24)11-29-21(17)31(19)15-3-2-4-15/h2-9,11-12,20,30H,1H3. The van der Waals surface area contributed by atoms with Crippen molar-refractivity contribution < 1.29 is 30.4 Å². The first-order valence-corrected chi connectivity index (χ1v) is 11.2. The van der Waals surface area contributed by atoms with Crippen LogP contribution in [0.15, 0.2) is 59.7 Å². The van der Waals surface area contributed by atoms with Gasteiger partial charge in [-0.15, -0.1) is 0 Å². The summed E-state index contributed by atoms with van der Waals surface area (Å²) in [5.41, 5.74) is 1.19. The maximum absolute atomic E-state index is 13.2. The molecule has 0 amide bonds. The zero-order valence-corrected chi connectivity index (χ0v) is 18.1. The molecule has 3 aromatic rings. The number of fused-ring (bicyclic) bond motifs is 1. The highest BCUT2D eigenvalue weighted by Gasteiger charge is 2.39. The minimum atomic E-state index is -4.76. The van der Waals surface area contributed by atoms with E-state index >= 15 is 0 Å². The summed E-state index contributed by atoms with van der Waals surface area (Å²) in [6.45, 7) is 0.685. The molecule has 0 saturated heterocycles. The number of pyridine rings is 1. The first-order valence-electron chi connectivity index (χ1n) is 9.75. The van der Waals surface area contributed by atoms with E-state index in [0.717, 1.165) is 18.3 Å². The Labute approximate surface area is 190 Å². The number of nitriles is 1. The van der Waals surface area contributed by atoms with Crippen molar-refractivity contribution in [3.8, 4) is 17.3 Å². The molecule has 0 radical (unpaired) electrons. The van der Waals surface area contributed by atoms with E-state index < -0.39 is 33.6 Å². The Morgan fingerprint density at radius 2 is 1.82 bits per heavy atom. The molecule has 176 valence electrons. The summed E-state index contributed by atoms with van der Waals surface area (Å²) in [6.07, 6.45) is -1.38. The van der Waals surface area contributed by atoms with Crippen LogP contribution < -0.4 is 4.72 Å². The molecule has 2 aromatic heterocycles. The molecule has 1 unspecified atom stereocenters. The van der Waals surface area contributed by atoms with Gasteiger partial charge in [0.15, 0.2) is 0 Å². The van der Waals surface area contributed by atoms with Crippen LogP contribution in [0.5, 0.6) is 0 Å². The Morgan fingerprint density at radius 1 is 1.18 bits per heavy atom. The van der Waals surface area contributed by atoms with Crippen LogP contribution in [-0.2, 0) is 10.0 Å². The van der Waals surface area contributed by atoms with Crippen molar-refractivity contribution >= 4 is 26.8 Å². The van der Waals surface area contributed by atoms with Crippen LogP contribution in [0.1, 0.15) is 24.5 Å². The molecule has 2 heterocycles. The zero-order valence-electron chi connectivity index (χ0n) is 17.3. The number of halogens is 5. The van der Waals surface area contributed by atoms with Crippen molar-refractivity contribution in [2.24, 2.45) is 0 Å². The Bertz CT molecular complexity index is 1480. The van der Waals surface area contributed by atoms with Crippen LogP contribution in [0.3, 0.4) is 0 Å². The molecule has 0 bridgehead atoms. The molecule has 6 nitrogen and oxygen atoms in total. The molecule has 1 aromatic carbocycles. The predicted octanol–water partition coefficient (Wildman–Crippen LogP) is 5.15. The van der Waals surface area contributed by atoms with Crippen LogP contribution in [0.4, 0.5) is 22.0 Å². The molecule has 1 N–H and O–H groups in total. The number of aromatic nitrogens is 2. The van der Waals surface area contributed by atoms with E-state index in [2.05, 4.69) is 4.98 Å². The molecule has 1 aliphatic carbocycles. The number of sulfonamides is 1. The van der Waals surface area contributed by atoms with Gasteiger partial charge >= 0.3 is 6.18 Å². The van der Waals surface area contributed by atoms with E-state index in [-0.39, 0.29) is 27.9 Å². The van der Waals surface area contributed by atoms with Gasteiger partial charge in [-0.2, -0.15) is 23.2 Å². The normalized spacial score (nSPS) is 14.7. The summed E-state index contributed by atoms with van der Waals surface area (Å²) in [5, 5.41) is 10.0. The molecule has 4 rings (SSSR count). The van der Waals surface area contributed by atoms with E-state index in [1.54, 1.807) is 27.5 Å². The van der Waals surface area contributed by atoms with Crippen LogP contribution in [0, 0.1) is 11.3 Å². The SMILES string of the molecule is CC(NS(=O)(=O)c1ccc(-c2c(C#N)c3cc(C(F)F)cnc3n2C2=CC=C2)cc1)C(F)(F)F. The van der Waals surface area contributed by atoms with E-state index in [1.165, 1.54) is 18.2 Å². The number of rotatable bonds is 6. The third-order valence-electron chi connectivity index (χ3n) is 5.25. The number of allylic oxidation sites excluding steroid dienone is 4. The summed E-state index contributed by atoms with van der Waals surface area (Å²) < 4.78 is 92.7. The lowest BCUT2D eigenvalue weighted by Gasteiger charge is -2.18. The van der Waals surface area contributed by atoms with E-state index in [4.69, 9.17) is 0 Å². The zero-order chi connectivity index (χ0) is 24.8. The van der Waals surface area contributed by atoms with Crippen LogP contribution in [-0.4, -0.2) is 30.2 Å². The molecule has 1 aliphatic rings. The van der Waals surface area contributed by atoms with Crippen molar-refractivity contribution in [3.05, 3.63) is 65.9 Å². The highest BCUT2D eigenvalue weighted by molar-refractivity contribution is 7.89. The molecule has 0 fully saturated rings. The van der Waals surface area contributed by atoms with Gasteiger partial charge in [-0.05, 0) is 37.3 Å². The predicted molar refractivity (Wildman–Crippen MR) is 114 cm³/mol. The van der Waals surface area contributed by atoms with Gasteiger partial charge in [0.25, 0.3) is 6.43 Å². The Morgan fingerprint density at radius 3 is 2.32 bits per heavy atom. The lowest BCUT2D eigenvalue weighted by atomic mass is 10.1. The fourth-order valence-electron chi connectivity index (χ4n) is 3.43. The Kier molecular flexibility index (Phi) is 5.79. The Balaban J connectivity index is 1.83. The lowest BCUT2D eigenvalue weighted by molar-refractivity contribution is -0.147. The minimum absolute atomic E-state index is 0.0469. The highest BCUT2D eigenvalue weighted by atomic mass is 32.2. The molecule has 0 aliphatic heterocycles. The summed E-state index contributed by atoms with van der Waals surface area (Å²) in [6, 6.07) is 5.75. The second kappa shape index (κ2) is 8.34. The third-order valence-corrected chi connectivity index (χ3v) is 6.80. The smallest absolute Gasteiger partial charge is 0.293 e. The number of benzene rings is 1. The number of nitrogens with zero attached hydrogens (tertiary/aromatic N) is 3. The van der Waals surface area contributed by atoms with Crippen molar-refractivity contribution in [2.75, 3.05) is 0 Å². The monoisotopic (exact) mass is 494 g/mol. The third kappa shape index (κ3) is 4.08. The van der Waals surface area contributed by atoms with Crippen molar-refractivity contribution in [1.29, 1.82) is 5.26 Å². The van der Waals surface area contributed by atoms with Crippen LogP contribution in [0.2, 0.25) is 0 Å². The second-order valence-electron chi connectivity index (χ2n) is 7.47. The van der Waals surface area contributed by atoms with Crippen molar-refractivity contribution in [1.82, 2.24) is 14.3 Å². The van der Waals surface area contributed by atoms with Gasteiger partial charge in [0.05, 0.1) is 16.2 Å². The largest absolute Gasteiger partial charge is 0.404 e. The fourth-order valence-corrected chi connectivity index (χ4v) is 4.66. The van der Waals surface area contributed by atoms with Gasteiger partial charge in [0.1, 0.15) is 17.8 Å². The van der Waals surface area contributed by atoms with Crippen molar-refractivity contribution in [2.45, 2.75) is 30.5 Å². The molecular weight excluding hydrogens is 479 g/mol. The second-order valence-corrected chi connectivity index (χ2v) is 9.18. The average Bonchev–Trinajstić information content (AvgIpc) is 3.05. The number of hydrogen-bond donors (Lipinski definition) is 1. The summed E-state index contributed by atoms with van der Waals surface area (Å²) in [7, 11) is -4.48. The molecule has 12 heteroatoms. The molecule has 0 spiro atoms. The summed E-state index contributed by atoms with van der Waals surface area (Å²) in [5.74, 6) is 0. The van der Waals surface area contributed by atoms with Gasteiger partial charge in [-0.1, -0.05) is 18.2 Å². The first kappa shape index (κ1) is 23.6. The summed E-state index contributed by atoms with van der Waals surface area (Å²) in [4.78, 5) is 3.71. The lowest BCUT2D eigenvalue weighted by Crippen LogP contribution is -2.42. The van der Waals surface area contributed by atoms with Crippen molar-refractivity contribution in [3.63, 3.8) is 0 Å². The van der Waals surface area contributed by atoms with Gasteiger partial charge < -0.3 is 0 Å². The average molecular weight is 494 g/mol. The number of alkyl halides is 5. The molecule has 0 saturated carbocycles. The number of nitrogens with one attached hydrogen (secondary N) is 1. The first-order chi connectivity index (χ1) is 15.9. The van der Waals surface area contributed by atoms with Crippen LogP contribution in [0.25, 0.3) is 28.0 Å². The quantitative estimate of drug-likeness (QED) is 0.480. The minimum Gasteiger partial charge on any atom is -0.293 e. The van der Waals surface area contributed by atoms with E-state index in [1.807, 2.05) is 6.07 Å². The van der Waals surface area contributed by atoms with E-state index in [9.17, 15) is 35.6 Å². The maximum Gasteiger partial charge on any atom is 0.404 e. The molecule has 34 heavy (non-hydrogen) atoms. The highest BCUT2D eigenvalue weighted by Crippen LogP contribution is 2.38. The fraction of sp³-hybridized carbons (Fsp3) is 0.182. The van der Waals surface area contributed by atoms with Gasteiger partial charge in [0.2, 0.25) is 10.0 Å². The van der Waals surface area contributed by atoms with Crippen LogP contribution >= 0.6 is 0 Å². The number of hydrogen-bond acceptors (Lipinski definition) is 4. The molecular formula is C22H15F5N4O2S. The Hall–Kier alpha value is -3.56. The van der Waals surface area contributed by atoms with Gasteiger partial charge in [-0.25, -0.2) is 22.2 Å².